The molecule has 0 amide bonds. The van der Waals surface area contributed by atoms with E-state index in [1.54, 1.807) is 12.4 Å². The molecule has 0 radical (unpaired) electrons. The van der Waals surface area contributed by atoms with E-state index in [1.807, 2.05) is 28.8 Å². The molecule has 1 aromatic heterocycles. The minimum absolute atomic E-state index is 0.254. The predicted molar refractivity (Wildman–Crippen MR) is 68.5 cm³/mol. The van der Waals surface area contributed by atoms with Crippen LogP contribution in [0.2, 0.25) is 0 Å². The van der Waals surface area contributed by atoms with Crippen LogP contribution in [0.4, 0.5) is 0 Å². The van der Waals surface area contributed by atoms with Crippen molar-refractivity contribution in [3.63, 3.8) is 0 Å². The number of hydrogen-bond acceptors (Lipinski definition) is 3. The van der Waals surface area contributed by atoms with E-state index in [4.69, 9.17) is 5.11 Å². The maximum Gasteiger partial charge on any atom is 0.140 e. The molecule has 1 unspecified atom stereocenters. The van der Waals surface area contributed by atoms with E-state index >= 15 is 0 Å². The monoisotopic (exact) mass is 296 g/mol. The molecular formula is C12H13BrN2O2. The first kappa shape index (κ1) is 12.3. The molecule has 1 heterocycles. The fraction of sp³-hybridized carbons (Fsp3) is 0.250. The van der Waals surface area contributed by atoms with Gasteiger partial charge >= 0.3 is 0 Å². The van der Waals surface area contributed by atoms with E-state index in [0.29, 0.717) is 6.54 Å². The predicted octanol–water partition coefficient (Wildman–Crippen LogP) is 1.67. The minimum atomic E-state index is -0.768. The molecule has 2 N–H and O–H groups in total. The standard InChI is InChI=1S/C12H13BrN2O2/c13-10-3-1-2-9(6-10)12-14-4-5-15(12)7-11(17)8-16/h1-6,11,16-17H,7-8H2. The Balaban J connectivity index is 2.30. The summed E-state index contributed by atoms with van der Waals surface area (Å²) in [5.41, 5.74) is 0.967. The largest absolute Gasteiger partial charge is 0.394 e. The van der Waals surface area contributed by atoms with Gasteiger partial charge in [-0.3, -0.25) is 0 Å². The second kappa shape index (κ2) is 5.44. The highest BCUT2D eigenvalue weighted by atomic mass is 79.9. The summed E-state index contributed by atoms with van der Waals surface area (Å²) < 4.78 is 2.80. The third kappa shape index (κ3) is 2.94. The van der Waals surface area contributed by atoms with Gasteiger partial charge in [-0.2, -0.15) is 0 Å². The SMILES string of the molecule is OCC(O)Cn1ccnc1-c1cccc(Br)c1. The topological polar surface area (TPSA) is 58.3 Å². The molecule has 0 aliphatic rings. The second-order valence-corrected chi connectivity index (χ2v) is 4.67. The first-order valence-electron chi connectivity index (χ1n) is 5.26. The average Bonchev–Trinajstić information content (AvgIpc) is 2.77. The van der Waals surface area contributed by atoms with Crippen LogP contribution in [0.25, 0.3) is 11.4 Å². The average molecular weight is 297 g/mol. The molecule has 5 heteroatoms. The smallest absolute Gasteiger partial charge is 0.140 e. The van der Waals surface area contributed by atoms with E-state index in [1.165, 1.54) is 0 Å². The van der Waals surface area contributed by atoms with Crippen LogP contribution >= 0.6 is 15.9 Å². The number of halogens is 1. The molecule has 4 nitrogen and oxygen atoms in total. The third-order valence-corrected chi connectivity index (χ3v) is 2.91. The highest BCUT2D eigenvalue weighted by molar-refractivity contribution is 9.10. The number of aliphatic hydroxyl groups is 2. The maximum absolute atomic E-state index is 9.45. The number of imidazole rings is 1. The molecule has 1 aromatic carbocycles. The van der Waals surface area contributed by atoms with Gasteiger partial charge in [-0.15, -0.1) is 0 Å². The Morgan fingerprint density at radius 3 is 2.94 bits per heavy atom. The lowest BCUT2D eigenvalue weighted by atomic mass is 10.2. The Morgan fingerprint density at radius 1 is 1.41 bits per heavy atom. The second-order valence-electron chi connectivity index (χ2n) is 3.75. The molecule has 0 aliphatic heterocycles. The molecular weight excluding hydrogens is 284 g/mol. The van der Waals surface area contributed by atoms with Crippen molar-refractivity contribution in [2.75, 3.05) is 6.61 Å². The van der Waals surface area contributed by atoms with Gasteiger partial charge in [0, 0.05) is 22.4 Å². The van der Waals surface area contributed by atoms with Gasteiger partial charge in [-0.1, -0.05) is 28.1 Å². The summed E-state index contributed by atoms with van der Waals surface area (Å²) in [5, 5.41) is 18.3. The van der Waals surface area contributed by atoms with E-state index < -0.39 is 6.10 Å². The van der Waals surface area contributed by atoms with Crippen LogP contribution in [0, 0.1) is 0 Å². The van der Waals surface area contributed by atoms with E-state index in [-0.39, 0.29) is 6.61 Å². The van der Waals surface area contributed by atoms with Crippen molar-refractivity contribution >= 4 is 15.9 Å². The molecule has 17 heavy (non-hydrogen) atoms. The van der Waals surface area contributed by atoms with Crippen LogP contribution in [0.15, 0.2) is 41.1 Å². The van der Waals surface area contributed by atoms with Gasteiger partial charge in [0.15, 0.2) is 0 Å². The molecule has 0 spiro atoms. The van der Waals surface area contributed by atoms with Gasteiger partial charge in [-0.25, -0.2) is 4.98 Å². The molecule has 2 aromatic rings. The molecule has 0 fully saturated rings. The summed E-state index contributed by atoms with van der Waals surface area (Å²) in [5.74, 6) is 0.777. The minimum Gasteiger partial charge on any atom is -0.394 e. The van der Waals surface area contributed by atoms with E-state index in [9.17, 15) is 5.11 Å². The van der Waals surface area contributed by atoms with Crippen molar-refractivity contribution in [2.45, 2.75) is 12.6 Å². The molecule has 1 atom stereocenters. The number of benzene rings is 1. The van der Waals surface area contributed by atoms with Crippen LogP contribution in [-0.2, 0) is 6.54 Å². The van der Waals surface area contributed by atoms with Crippen molar-refractivity contribution in [1.29, 1.82) is 0 Å². The third-order valence-electron chi connectivity index (χ3n) is 2.42. The Morgan fingerprint density at radius 2 is 2.24 bits per heavy atom. The zero-order chi connectivity index (χ0) is 12.3. The number of hydrogen-bond donors (Lipinski definition) is 2. The van der Waals surface area contributed by atoms with Gasteiger partial charge < -0.3 is 14.8 Å². The van der Waals surface area contributed by atoms with E-state index in [2.05, 4.69) is 20.9 Å². The summed E-state index contributed by atoms with van der Waals surface area (Å²) in [4.78, 5) is 4.26. The number of rotatable bonds is 4. The van der Waals surface area contributed by atoms with E-state index in [0.717, 1.165) is 15.9 Å². The molecule has 2 rings (SSSR count). The van der Waals surface area contributed by atoms with Crippen molar-refractivity contribution in [1.82, 2.24) is 9.55 Å². The number of aromatic nitrogens is 2. The summed E-state index contributed by atoms with van der Waals surface area (Å²) in [6, 6.07) is 7.79. The fourth-order valence-corrected chi connectivity index (χ4v) is 2.03. The van der Waals surface area contributed by atoms with Crippen LogP contribution in [-0.4, -0.2) is 32.5 Å². The van der Waals surface area contributed by atoms with Gasteiger partial charge in [0.2, 0.25) is 0 Å². The summed E-state index contributed by atoms with van der Waals surface area (Å²) in [7, 11) is 0. The molecule has 90 valence electrons. The van der Waals surface area contributed by atoms with Crippen LogP contribution in [0.5, 0.6) is 0 Å². The highest BCUT2D eigenvalue weighted by Crippen LogP contribution is 2.21. The highest BCUT2D eigenvalue weighted by Gasteiger charge is 2.09. The molecule has 0 bridgehead atoms. The lowest BCUT2D eigenvalue weighted by molar-refractivity contribution is 0.0816. The zero-order valence-corrected chi connectivity index (χ0v) is 10.7. The van der Waals surface area contributed by atoms with Crippen LogP contribution in [0.1, 0.15) is 0 Å². The first-order chi connectivity index (χ1) is 8.20. The van der Waals surface area contributed by atoms with Crippen molar-refractivity contribution in [2.24, 2.45) is 0 Å². The number of aliphatic hydroxyl groups excluding tert-OH is 2. The Labute approximate surface area is 108 Å². The fourth-order valence-electron chi connectivity index (χ4n) is 1.63. The lowest BCUT2D eigenvalue weighted by Crippen LogP contribution is -2.19. The summed E-state index contributed by atoms with van der Waals surface area (Å²) in [6.07, 6.45) is 2.70. The Hall–Kier alpha value is -1.17. The maximum atomic E-state index is 9.45. The number of nitrogens with zero attached hydrogens (tertiary/aromatic N) is 2. The molecule has 0 aliphatic carbocycles. The van der Waals surface area contributed by atoms with Crippen molar-refractivity contribution in [3.05, 3.63) is 41.1 Å². The van der Waals surface area contributed by atoms with Gasteiger partial charge in [0.25, 0.3) is 0 Å². The Bertz CT molecular complexity index is 499. The summed E-state index contributed by atoms with van der Waals surface area (Å²) in [6.45, 7) is 0.0778. The van der Waals surface area contributed by atoms with Crippen molar-refractivity contribution in [3.8, 4) is 11.4 Å². The quantitative estimate of drug-likeness (QED) is 0.902. The molecule has 0 saturated heterocycles. The molecule has 0 saturated carbocycles. The van der Waals surface area contributed by atoms with Gasteiger partial charge in [0.05, 0.1) is 19.3 Å². The Kier molecular flexibility index (Phi) is 3.93. The van der Waals surface area contributed by atoms with Crippen LogP contribution in [0.3, 0.4) is 0 Å². The van der Waals surface area contributed by atoms with Gasteiger partial charge in [0.1, 0.15) is 5.82 Å². The first-order valence-corrected chi connectivity index (χ1v) is 6.06. The van der Waals surface area contributed by atoms with Crippen molar-refractivity contribution < 1.29 is 10.2 Å². The zero-order valence-electron chi connectivity index (χ0n) is 9.12. The van der Waals surface area contributed by atoms with Crippen LogP contribution < -0.4 is 0 Å². The van der Waals surface area contributed by atoms with Gasteiger partial charge in [-0.05, 0) is 12.1 Å². The lowest BCUT2D eigenvalue weighted by Gasteiger charge is -2.11. The summed E-state index contributed by atoms with van der Waals surface area (Å²) >= 11 is 3.41. The normalized spacial score (nSPS) is 12.6.